The minimum Gasteiger partial charge on any atom is -0.481 e. The van der Waals surface area contributed by atoms with Crippen molar-refractivity contribution < 1.29 is 39.0 Å². The number of carbonyl (C=O) groups is 6. The lowest BCUT2D eigenvalue weighted by Gasteiger charge is -2.32. The van der Waals surface area contributed by atoms with Gasteiger partial charge in [-0.1, -0.05) is 81.4 Å². The number of nitrogens with zero attached hydrogens (tertiary/aromatic N) is 4. The monoisotopic (exact) mass is 684 g/mol. The number of nitrogens with one attached hydrogen (secondary N) is 1. The summed E-state index contributed by atoms with van der Waals surface area (Å²) < 4.78 is 0. The van der Waals surface area contributed by atoms with Crippen LogP contribution in [0, 0.1) is 5.53 Å². The third-order valence-electron chi connectivity index (χ3n) is 8.65. The first-order valence-electron chi connectivity index (χ1n) is 15.8. The van der Waals surface area contributed by atoms with E-state index in [1.54, 1.807) is 31.2 Å². The predicted octanol–water partition coefficient (Wildman–Crippen LogP) is 4.30. The summed E-state index contributed by atoms with van der Waals surface area (Å²) in [5.41, 5.74) is 14.3. The molecule has 4 amide bonds. The van der Waals surface area contributed by atoms with Crippen LogP contribution in [0.1, 0.15) is 66.7 Å². The molecule has 3 aromatic carbocycles. The zero-order chi connectivity index (χ0) is 37.0. The molecule has 5 N–H and O–H groups in total. The van der Waals surface area contributed by atoms with Crippen LogP contribution in [0.2, 0.25) is 0 Å². The molecule has 1 heterocycles. The van der Waals surface area contributed by atoms with E-state index in [-0.39, 0.29) is 29.8 Å². The number of aliphatic carboxylic acids is 2. The number of carbonyl (C=O) groups excluding carboxylic acids is 4. The van der Waals surface area contributed by atoms with Crippen molar-refractivity contribution in [2.45, 2.75) is 64.2 Å². The molecule has 2 atom stereocenters. The van der Waals surface area contributed by atoms with Crippen LogP contribution >= 0.6 is 0 Å². The third kappa shape index (κ3) is 7.92. The van der Waals surface area contributed by atoms with E-state index < -0.39 is 66.7 Å². The fourth-order valence-electron chi connectivity index (χ4n) is 5.75. The SMILES string of the molecule is CC(C)(C)c1ccc(CN2C(=O)N(CC(=O)c3cccc(N(CC(=O)O)C(=O)[C@@H](N)CC(=O)O)c3)C(=O)[C@@]2(C)c2ccc(CN=N)cc2)cc1. The number of benzene rings is 3. The number of hydrogen-bond acceptors (Lipinski definition) is 9. The Morgan fingerprint density at radius 3 is 2.12 bits per heavy atom. The Balaban J connectivity index is 1.68. The molecule has 0 aromatic heterocycles. The van der Waals surface area contributed by atoms with Crippen molar-refractivity contribution in [3.05, 3.63) is 101 Å². The van der Waals surface area contributed by atoms with Gasteiger partial charge in [0.25, 0.3) is 5.91 Å². The highest BCUT2D eigenvalue weighted by atomic mass is 16.4. The highest BCUT2D eigenvalue weighted by Crippen LogP contribution is 2.39. The molecule has 14 nitrogen and oxygen atoms in total. The standard InChI is InChI=1S/C36H40N6O8/c1-35(2,3)25-12-10-23(11-13-25)19-42-34(50)41(33(49)36(42,4)26-14-8-22(9-15-26)18-39-38)20-29(43)24-6-5-7-27(16-24)40(21-31(46)47)32(48)28(37)17-30(44)45/h5-16,28,38H,17-21,37H2,1-4H3,(H,44,45)(H,46,47)/t28-,36+/m0/s1. The second-order valence-electron chi connectivity index (χ2n) is 13.3. The predicted molar refractivity (Wildman–Crippen MR) is 181 cm³/mol. The molecule has 14 heteroatoms. The van der Waals surface area contributed by atoms with Crippen molar-refractivity contribution in [2.75, 3.05) is 18.0 Å². The number of imide groups is 1. The molecule has 1 aliphatic rings. The maximum Gasteiger partial charge on any atom is 0.328 e. The first kappa shape index (κ1) is 37.1. The molecule has 0 aliphatic carbocycles. The van der Waals surface area contributed by atoms with E-state index in [1.165, 1.54) is 29.2 Å². The molecule has 1 fully saturated rings. The summed E-state index contributed by atoms with van der Waals surface area (Å²) in [6, 6.07) is 17.7. The second-order valence-corrected chi connectivity index (χ2v) is 13.3. The molecule has 0 bridgehead atoms. The summed E-state index contributed by atoms with van der Waals surface area (Å²) in [6.45, 7) is 6.55. The number of nitrogens with two attached hydrogens (primary N) is 1. The van der Waals surface area contributed by atoms with E-state index in [2.05, 4.69) is 25.9 Å². The lowest BCUT2D eigenvalue weighted by Crippen LogP contribution is -2.47. The van der Waals surface area contributed by atoms with Crippen molar-refractivity contribution >= 4 is 41.3 Å². The van der Waals surface area contributed by atoms with Crippen LogP contribution in [0.15, 0.2) is 77.9 Å². The first-order valence-corrected chi connectivity index (χ1v) is 15.8. The molecule has 4 rings (SSSR count). The summed E-state index contributed by atoms with van der Waals surface area (Å²) in [5.74, 6) is -5.04. The normalized spacial score (nSPS) is 16.7. The number of amides is 4. The van der Waals surface area contributed by atoms with Crippen LogP contribution in [0.3, 0.4) is 0 Å². The van der Waals surface area contributed by atoms with E-state index in [0.29, 0.717) is 5.56 Å². The Morgan fingerprint density at radius 2 is 1.56 bits per heavy atom. The quantitative estimate of drug-likeness (QED) is 0.108. The Hall–Kier alpha value is -5.76. The minimum atomic E-state index is -1.55. The molecule has 0 radical (unpaired) electrons. The van der Waals surface area contributed by atoms with Gasteiger partial charge in [0.2, 0.25) is 5.91 Å². The number of carboxylic acids is 2. The second kappa shape index (κ2) is 14.8. The molecule has 0 saturated carbocycles. The number of rotatable bonds is 14. The Bertz CT molecular complexity index is 1820. The maximum absolute atomic E-state index is 14.2. The van der Waals surface area contributed by atoms with E-state index >= 15 is 0 Å². The van der Waals surface area contributed by atoms with Gasteiger partial charge in [0.05, 0.1) is 25.6 Å². The highest BCUT2D eigenvalue weighted by molar-refractivity contribution is 6.11. The molecule has 3 aromatic rings. The van der Waals surface area contributed by atoms with Crippen molar-refractivity contribution in [3.8, 4) is 0 Å². The number of hydrogen-bond donors (Lipinski definition) is 4. The number of Topliss-reactive ketones (excluding diaryl/α,β-unsaturated/α-hetero) is 1. The van der Waals surface area contributed by atoms with Gasteiger partial charge in [0, 0.05) is 17.8 Å². The lowest BCUT2D eigenvalue weighted by atomic mass is 9.86. The number of anilines is 1. The Kier molecular flexibility index (Phi) is 11.0. The summed E-state index contributed by atoms with van der Waals surface area (Å²) in [7, 11) is 0. The van der Waals surface area contributed by atoms with Crippen LogP contribution in [-0.2, 0) is 43.2 Å². The Morgan fingerprint density at radius 1 is 0.940 bits per heavy atom. The molecule has 1 aliphatic heterocycles. The van der Waals surface area contributed by atoms with E-state index in [1.807, 2.05) is 24.3 Å². The van der Waals surface area contributed by atoms with Crippen LogP contribution in [0.25, 0.3) is 0 Å². The fraction of sp³-hybridized carbons (Fsp3) is 0.333. The molecular formula is C36H40N6O8. The maximum atomic E-state index is 14.2. The van der Waals surface area contributed by atoms with Crippen molar-refractivity contribution in [1.29, 1.82) is 5.53 Å². The van der Waals surface area contributed by atoms with Crippen LogP contribution in [0.5, 0.6) is 0 Å². The van der Waals surface area contributed by atoms with Gasteiger partial charge in [-0.25, -0.2) is 10.3 Å². The van der Waals surface area contributed by atoms with Gasteiger partial charge in [0.1, 0.15) is 12.1 Å². The van der Waals surface area contributed by atoms with Gasteiger partial charge in [-0.3, -0.25) is 33.8 Å². The molecule has 0 unspecified atom stereocenters. The zero-order valence-corrected chi connectivity index (χ0v) is 28.3. The lowest BCUT2D eigenvalue weighted by molar-refractivity contribution is -0.139. The van der Waals surface area contributed by atoms with Gasteiger partial charge < -0.3 is 20.8 Å². The van der Waals surface area contributed by atoms with Crippen LogP contribution in [0.4, 0.5) is 10.5 Å². The van der Waals surface area contributed by atoms with Crippen molar-refractivity contribution in [1.82, 2.24) is 9.80 Å². The van der Waals surface area contributed by atoms with Gasteiger partial charge in [-0.05, 0) is 46.7 Å². The smallest absolute Gasteiger partial charge is 0.328 e. The third-order valence-corrected chi connectivity index (χ3v) is 8.65. The van der Waals surface area contributed by atoms with E-state index in [9.17, 15) is 33.9 Å². The summed E-state index contributed by atoms with van der Waals surface area (Å²) in [4.78, 5) is 80.7. The van der Waals surface area contributed by atoms with E-state index in [4.69, 9.17) is 16.4 Å². The van der Waals surface area contributed by atoms with Gasteiger partial charge in [-0.15, -0.1) is 0 Å². The van der Waals surface area contributed by atoms with E-state index in [0.717, 1.165) is 26.5 Å². The summed E-state index contributed by atoms with van der Waals surface area (Å²) in [6.07, 6.45) is -0.745. The molecular weight excluding hydrogens is 644 g/mol. The molecule has 50 heavy (non-hydrogen) atoms. The molecule has 1 saturated heterocycles. The molecule has 262 valence electrons. The average Bonchev–Trinajstić information content (AvgIpc) is 3.23. The fourth-order valence-corrected chi connectivity index (χ4v) is 5.75. The van der Waals surface area contributed by atoms with Crippen LogP contribution in [-0.4, -0.2) is 74.7 Å². The highest BCUT2D eigenvalue weighted by Gasteiger charge is 2.55. The average molecular weight is 685 g/mol. The largest absolute Gasteiger partial charge is 0.481 e. The Labute approximate surface area is 289 Å². The number of carboxylic acid groups (broad SMARTS) is 2. The number of urea groups is 1. The van der Waals surface area contributed by atoms with Gasteiger partial charge >= 0.3 is 18.0 Å². The number of ketones is 1. The minimum absolute atomic E-state index is 0.0282. The summed E-state index contributed by atoms with van der Waals surface area (Å²) >= 11 is 0. The summed E-state index contributed by atoms with van der Waals surface area (Å²) in [5, 5.41) is 21.9. The van der Waals surface area contributed by atoms with Gasteiger partial charge in [0.15, 0.2) is 5.78 Å². The zero-order valence-electron chi connectivity index (χ0n) is 28.3. The van der Waals surface area contributed by atoms with Crippen molar-refractivity contribution in [2.24, 2.45) is 10.8 Å². The molecule has 0 spiro atoms. The van der Waals surface area contributed by atoms with Crippen LogP contribution < -0.4 is 10.6 Å². The van der Waals surface area contributed by atoms with Crippen molar-refractivity contribution in [3.63, 3.8) is 0 Å². The van der Waals surface area contributed by atoms with Gasteiger partial charge in [-0.2, -0.15) is 5.11 Å². The first-order chi connectivity index (χ1) is 23.5. The topological polar surface area (TPSA) is 215 Å².